The average molecular weight is 490 g/mol. The van der Waals surface area contributed by atoms with E-state index in [1.165, 1.54) is 35.6 Å². The average Bonchev–Trinajstić information content (AvgIpc) is 3.31. The highest BCUT2D eigenvalue weighted by molar-refractivity contribution is 7.98. The molecule has 2 aromatic heterocycles. The first-order valence-corrected chi connectivity index (χ1v) is 11.5. The van der Waals surface area contributed by atoms with E-state index < -0.39 is 4.92 Å². The molecule has 0 aliphatic carbocycles. The van der Waals surface area contributed by atoms with E-state index in [0.717, 1.165) is 0 Å². The summed E-state index contributed by atoms with van der Waals surface area (Å²) in [7, 11) is 3.08. The van der Waals surface area contributed by atoms with E-state index >= 15 is 0 Å². The Kier molecular flexibility index (Phi) is 5.83. The van der Waals surface area contributed by atoms with Gasteiger partial charge in [-0.2, -0.15) is 0 Å². The molecular formula is C24H19N5O5S. The first-order valence-electron chi connectivity index (χ1n) is 10.5. The molecule has 0 bridgehead atoms. The number of non-ortho nitro benzene ring substituents is 1. The number of thioether (sulfide) groups is 1. The van der Waals surface area contributed by atoms with Crippen LogP contribution < -0.4 is 15.0 Å². The monoisotopic (exact) mass is 489 g/mol. The Labute approximate surface area is 202 Å². The topological polar surface area (TPSA) is 114 Å². The molecule has 176 valence electrons. The molecule has 10 nitrogen and oxygen atoms in total. The van der Waals surface area contributed by atoms with Gasteiger partial charge in [0.25, 0.3) is 11.2 Å². The molecule has 5 rings (SSSR count). The van der Waals surface area contributed by atoms with Crippen LogP contribution in [0.15, 0.2) is 76.7 Å². The van der Waals surface area contributed by atoms with Crippen molar-refractivity contribution in [1.82, 2.24) is 19.2 Å². The summed E-state index contributed by atoms with van der Waals surface area (Å²) in [5, 5.41) is 21.0. The van der Waals surface area contributed by atoms with Crippen molar-refractivity contribution in [3.63, 3.8) is 0 Å². The molecule has 0 atom stereocenters. The van der Waals surface area contributed by atoms with E-state index in [-0.39, 0.29) is 11.2 Å². The molecule has 11 heteroatoms. The van der Waals surface area contributed by atoms with Gasteiger partial charge in [0.1, 0.15) is 11.5 Å². The minimum Gasteiger partial charge on any atom is -0.497 e. The van der Waals surface area contributed by atoms with Crippen LogP contribution in [0.1, 0.15) is 5.56 Å². The molecule has 0 unspecified atom stereocenters. The van der Waals surface area contributed by atoms with Crippen molar-refractivity contribution >= 4 is 34.1 Å². The molecule has 3 aromatic carbocycles. The molecule has 0 amide bonds. The third-order valence-corrected chi connectivity index (χ3v) is 6.52. The molecule has 0 saturated carbocycles. The summed E-state index contributed by atoms with van der Waals surface area (Å²) in [5.74, 6) is 1.83. The molecule has 0 saturated heterocycles. The molecule has 0 spiro atoms. The van der Waals surface area contributed by atoms with E-state index in [2.05, 4.69) is 10.2 Å². The fourth-order valence-electron chi connectivity index (χ4n) is 3.89. The predicted octanol–water partition coefficient (Wildman–Crippen LogP) is 4.25. The van der Waals surface area contributed by atoms with Crippen LogP contribution in [0.2, 0.25) is 0 Å². The lowest BCUT2D eigenvalue weighted by atomic mass is 10.2. The Morgan fingerprint density at radius 2 is 1.83 bits per heavy atom. The summed E-state index contributed by atoms with van der Waals surface area (Å²) in [6, 6.07) is 18.8. The highest BCUT2D eigenvalue weighted by Gasteiger charge is 2.19. The van der Waals surface area contributed by atoms with Crippen LogP contribution in [0, 0.1) is 10.1 Å². The number of aromatic nitrogens is 4. The fraction of sp³-hybridized carbons (Fsp3) is 0.125. The Morgan fingerprint density at radius 1 is 1.00 bits per heavy atom. The number of benzene rings is 3. The number of hydrogen-bond acceptors (Lipinski definition) is 8. The first kappa shape index (κ1) is 22.4. The van der Waals surface area contributed by atoms with Gasteiger partial charge < -0.3 is 9.47 Å². The van der Waals surface area contributed by atoms with Gasteiger partial charge in [-0.05, 0) is 30.3 Å². The fourth-order valence-corrected chi connectivity index (χ4v) is 4.81. The maximum Gasteiger partial charge on any atom is 0.270 e. The largest absolute Gasteiger partial charge is 0.497 e. The number of nitro benzene ring substituents is 1. The zero-order valence-electron chi connectivity index (χ0n) is 18.7. The molecule has 5 aromatic rings. The quantitative estimate of drug-likeness (QED) is 0.189. The standard InChI is InChI=1S/C24H19N5O5S/c1-33-18-7-5-6-16(13-18)27-22(30)19-8-3-4-9-20(19)28-23(27)25-26-24(28)35-14-15-12-17(29(31)32)10-11-21(15)34-2/h3-13H,14H2,1-2H3. The lowest BCUT2D eigenvalue weighted by molar-refractivity contribution is -0.384. The van der Waals surface area contributed by atoms with Crippen LogP contribution >= 0.6 is 11.8 Å². The van der Waals surface area contributed by atoms with Gasteiger partial charge in [0, 0.05) is 29.5 Å². The van der Waals surface area contributed by atoms with Gasteiger partial charge >= 0.3 is 0 Å². The number of methoxy groups -OCH3 is 2. The molecule has 0 fully saturated rings. The van der Waals surface area contributed by atoms with E-state index in [1.807, 2.05) is 16.5 Å². The SMILES string of the molecule is COc1cccc(-n2c(=O)c3ccccc3n3c(SCc4cc([N+](=O)[O-])ccc4OC)nnc23)c1. The lowest BCUT2D eigenvalue weighted by Gasteiger charge is -2.12. The van der Waals surface area contributed by atoms with Crippen LogP contribution in [-0.2, 0) is 5.75 Å². The summed E-state index contributed by atoms with van der Waals surface area (Å²) >= 11 is 1.34. The number of hydrogen-bond donors (Lipinski definition) is 0. The second-order valence-corrected chi connectivity index (χ2v) is 8.46. The van der Waals surface area contributed by atoms with Gasteiger partial charge in [0.15, 0.2) is 5.16 Å². The third kappa shape index (κ3) is 3.95. The molecule has 0 aliphatic heterocycles. The summed E-state index contributed by atoms with van der Waals surface area (Å²) in [4.78, 5) is 24.3. The molecule has 0 radical (unpaired) electrons. The van der Waals surface area contributed by atoms with Gasteiger partial charge in [-0.25, -0.2) is 4.57 Å². The normalized spacial score (nSPS) is 11.1. The summed E-state index contributed by atoms with van der Waals surface area (Å²) < 4.78 is 14.0. The zero-order valence-corrected chi connectivity index (χ0v) is 19.6. The maximum absolute atomic E-state index is 13.5. The minimum absolute atomic E-state index is 0.0233. The summed E-state index contributed by atoms with van der Waals surface area (Å²) in [6.07, 6.45) is 0. The summed E-state index contributed by atoms with van der Waals surface area (Å²) in [6.45, 7) is 0. The highest BCUT2D eigenvalue weighted by atomic mass is 32.2. The number of ether oxygens (including phenoxy) is 2. The van der Waals surface area contributed by atoms with Gasteiger partial charge in [-0.1, -0.05) is 30.0 Å². The Bertz CT molecular complexity index is 1650. The van der Waals surface area contributed by atoms with Gasteiger partial charge in [-0.3, -0.25) is 19.3 Å². The van der Waals surface area contributed by atoms with E-state index in [1.54, 1.807) is 49.6 Å². The first-order chi connectivity index (χ1) is 17.0. The Balaban J connectivity index is 1.67. The zero-order chi connectivity index (χ0) is 24.5. The van der Waals surface area contributed by atoms with Crippen molar-refractivity contribution < 1.29 is 14.4 Å². The maximum atomic E-state index is 13.5. The van der Waals surface area contributed by atoms with Gasteiger partial charge in [-0.15, -0.1) is 10.2 Å². The number of nitrogens with zero attached hydrogens (tertiary/aromatic N) is 5. The van der Waals surface area contributed by atoms with Crippen molar-refractivity contribution in [2.45, 2.75) is 10.9 Å². The van der Waals surface area contributed by atoms with E-state index in [4.69, 9.17) is 9.47 Å². The van der Waals surface area contributed by atoms with Gasteiger partial charge in [0.05, 0.1) is 35.7 Å². The van der Waals surface area contributed by atoms with Crippen molar-refractivity contribution in [3.05, 3.63) is 92.8 Å². The Morgan fingerprint density at radius 3 is 2.60 bits per heavy atom. The second-order valence-electron chi connectivity index (χ2n) is 7.52. The van der Waals surface area contributed by atoms with Crippen molar-refractivity contribution in [1.29, 1.82) is 0 Å². The van der Waals surface area contributed by atoms with Crippen molar-refractivity contribution in [2.24, 2.45) is 0 Å². The van der Waals surface area contributed by atoms with Crippen LogP contribution in [0.3, 0.4) is 0 Å². The molecule has 0 aliphatic rings. The number of rotatable bonds is 7. The van der Waals surface area contributed by atoms with Crippen LogP contribution in [-0.4, -0.2) is 38.3 Å². The third-order valence-electron chi connectivity index (χ3n) is 5.54. The molecule has 35 heavy (non-hydrogen) atoms. The summed E-state index contributed by atoms with van der Waals surface area (Å²) in [5.41, 5.74) is 1.64. The lowest BCUT2D eigenvalue weighted by Crippen LogP contribution is -2.21. The smallest absolute Gasteiger partial charge is 0.270 e. The Hall–Kier alpha value is -4.38. The molecular weight excluding hydrogens is 470 g/mol. The van der Waals surface area contributed by atoms with Crippen LogP contribution in [0.25, 0.3) is 22.4 Å². The minimum atomic E-state index is -0.444. The van der Waals surface area contributed by atoms with Gasteiger partial charge in [0.2, 0.25) is 5.78 Å². The van der Waals surface area contributed by atoms with Crippen molar-refractivity contribution in [2.75, 3.05) is 14.2 Å². The predicted molar refractivity (Wildman–Crippen MR) is 132 cm³/mol. The molecule has 0 N–H and O–H groups in total. The highest BCUT2D eigenvalue weighted by Crippen LogP contribution is 2.31. The molecule has 2 heterocycles. The van der Waals surface area contributed by atoms with E-state index in [9.17, 15) is 14.9 Å². The van der Waals surface area contributed by atoms with Crippen molar-refractivity contribution in [3.8, 4) is 17.2 Å². The number of fused-ring (bicyclic) bond motifs is 3. The number of para-hydroxylation sites is 1. The van der Waals surface area contributed by atoms with Crippen LogP contribution in [0.5, 0.6) is 11.5 Å². The number of nitro groups is 1. The second kappa shape index (κ2) is 9.11. The van der Waals surface area contributed by atoms with Crippen LogP contribution in [0.4, 0.5) is 5.69 Å². The van der Waals surface area contributed by atoms with E-state index in [0.29, 0.717) is 50.3 Å².